The zero-order chi connectivity index (χ0) is 17.4. The van der Waals surface area contributed by atoms with Gasteiger partial charge in [0, 0.05) is 25.2 Å². The zero-order valence-electron chi connectivity index (χ0n) is 13.6. The van der Waals surface area contributed by atoms with Gasteiger partial charge < -0.3 is 15.4 Å². The summed E-state index contributed by atoms with van der Waals surface area (Å²) in [5.41, 5.74) is 0.519. The van der Waals surface area contributed by atoms with Crippen LogP contribution in [0, 0.1) is 17.5 Å². The van der Waals surface area contributed by atoms with Crippen LogP contribution in [0.15, 0.2) is 47.5 Å². The Bertz CT molecular complexity index is 713. The normalized spacial score (nSPS) is 10.8. The molecule has 8 heteroatoms. The lowest BCUT2D eigenvalue weighted by Gasteiger charge is -2.13. The van der Waals surface area contributed by atoms with Crippen molar-refractivity contribution >= 4 is 29.9 Å². The molecule has 0 aromatic heterocycles. The minimum absolute atomic E-state index is 0. The number of rotatable bonds is 6. The molecule has 0 spiro atoms. The van der Waals surface area contributed by atoms with Gasteiger partial charge in [-0.2, -0.15) is 0 Å². The summed E-state index contributed by atoms with van der Waals surface area (Å²) in [6, 6.07) is 9.56. The summed E-state index contributed by atoms with van der Waals surface area (Å²) in [7, 11) is 1.58. The number of nitrogens with one attached hydrogen (secondary N) is 2. The van der Waals surface area contributed by atoms with Crippen LogP contribution < -0.4 is 15.4 Å². The first-order valence-corrected chi connectivity index (χ1v) is 7.36. The Hall–Kier alpha value is -1.97. The molecule has 25 heavy (non-hydrogen) atoms. The Morgan fingerprint density at radius 3 is 2.48 bits per heavy atom. The van der Waals surface area contributed by atoms with E-state index in [0.29, 0.717) is 18.1 Å². The molecule has 2 N–H and O–H groups in total. The molecule has 4 nitrogen and oxygen atoms in total. The third-order valence-corrected chi connectivity index (χ3v) is 3.17. The van der Waals surface area contributed by atoms with Gasteiger partial charge in [-0.25, -0.2) is 13.2 Å². The van der Waals surface area contributed by atoms with E-state index in [4.69, 9.17) is 4.74 Å². The van der Waals surface area contributed by atoms with Gasteiger partial charge >= 0.3 is 0 Å². The van der Waals surface area contributed by atoms with Gasteiger partial charge in [0.15, 0.2) is 17.5 Å². The second-order valence-electron chi connectivity index (χ2n) is 4.87. The molecule has 0 radical (unpaired) electrons. The second kappa shape index (κ2) is 10.8. The fourth-order valence-electron chi connectivity index (χ4n) is 1.96. The topological polar surface area (TPSA) is 45.7 Å². The zero-order valence-corrected chi connectivity index (χ0v) is 15.9. The summed E-state index contributed by atoms with van der Waals surface area (Å²) in [4.78, 5) is 4.00. The third-order valence-electron chi connectivity index (χ3n) is 3.17. The molecule has 0 unspecified atom stereocenters. The van der Waals surface area contributed by atoms with E-state index in [1.54, 1.807) is 25.2 Å². The lowest BCUT2D eigenvalue weighted by atomic mass is 10.2. The molecule has 0 fully saturated rings. The molecule has 0 atom stereocenters. The van der Waals surface area contributed by atoms with Crippen molar-refractivity contribution in [3.63, 3.8) is 0 Å². The van der Waals surface area contributed by atoms with Crippen molar-refractivity contribution < 1.29 is 17.9 Å². The van der Waals surface area contributed by atoms with Crippen molar-refractivity contribution in [3.05, 3.63) is 65.5 Å². The Balaban J connectivity index is 0.00000312. The smallest absolute Gasteiger partial charge is 0.191 e. The van der Waals surface area contributed by atoms with Gasteiger partial charge in [0.1, 0.15) is 18.2 Å². The number of hydrogen-bond acceptors (Lipinski definition) is 2. The molecule has 0 aliphatic rings. The van der Waals surface area contributed by atoms with Gasteiger partial charge in [0.05, 0.1) is 6.54 Å². The van der Waals surface area contributed by atoms with Crippen LogP contribution in [0.3, 0.4) is 0 Å². The quantitative estimate of drug-likeness (QED) is 0.298. The number of ether oxygens (including phenoxy) is 1. The average Bonchev–Trinajstić information content (AvgIpc) is 2.57. The lowest BCUT2D eigenvalue weighted by Crippen LogP contribution is -2.39. The molecule has 2 rings (SSSR count). The Morgan fingerprint density at radius 1 is 1.04 bits per heavy atom. The van der Waals surface area contributed by atoms with Gasteiger partial charge in [-0.15, -0.1) is 24.0 Å². The summed E-state index contributed by atoms with van der Waals surface area (Å²) in [5.74, 6) is -1.27. The Morgan fingerprint density at radius 2 is 1.80 bits per heavy atom. The van der Waals surface area contributed by atoms with Crippen LogP contribution >= 0.6 is 24.0 Å². The summed E-state index contributed by atoms with van der Waals surface area (Å²) in [6.07, 6.45) is 0. The molecule has 0 heterocycles. The first-order chi connectivity index (χ1) is 11.6. The van der Waals surface area contributed by atoms with E-state index in [2.05, 4.69) is 15.6 Å². The average molecular weight is 465 g/mol. The number of nitrogens with zero attached hydrogens (tertiary/aromatic N) is 1. The van der Waals surface area contributed by atoms with Crippen molar-refractivity contribution in [2.45, 2.75) is 6.54 Å². The maximum absolute atomic E-state index is 13.5. The van der Waals surface area contributed by atoms with Gasteiger partial charge in [-0.3, -0.25) is 4.99 Å². The van der Waals surface area contributed by atoms with E-state index in [-0.39, 0.29) is 48.7 Å². The predicted molar refractivity (Wildman–Crippen MR) is 102 cm³/mol. The van der Waals surface area contributed by atoms with Gasteiger partial charge in [-0.1, -0.05) is 18.2 Å². The minimum Gasteiger partial charge on any atom is -0.489 e. The van der Waals surface area contributed by atoms with Crippen LogP contribution in [0.25, 0.3) is 0 Å². The van der Waals surface area contributed by atoms with Crippen molar-refractivity contribution in [2.75, 3.05) is 20.2 Å². The number of aliphatic imine (C=N–C) groups is 1. The van der Waals surface area contributed by atoms with E-state index >= 15 is 0 Å². The number of guanidine groups is 1. The highest BCUT2D eigenvalue weighted by Gasteiger charge is 2.05. The maximum Gasteiger partial charge on any atom is 0.191 e. The molecular formula is C17H19F3IN3O. The van der Waals surface area contributed by atoms with E-state index in [9.17, 15) is 13.2 Å². The van der Waals surface area contributed by atoms with Gasteiger partial charge in [0.2, 0.25) is 0 Å². The molecule has 2 aromatic rings. The maximum atomic E-state index is 13.5. The predicted octanol–water partition coefficient (Wildman–Crippen LogP) is 3.47. The molecule has 0 bridgehead atoms. The van der Waals surface area contributed by atoms with Crippen LogP contribution in [0.4, 0.5) is 13.2 Å². The monoisotopic (exact) mass is 465 g/mol. The summed E-state index contributed by atoms with van der Waals surface area (Å²) in [6.45, 7) is 0.774. The van der Waals surface area contributed by atoms with Crippen LogP contribution in [-0.4, -0.2) is 26.2 Å². The Kier molecular flexibility index (Phi) is 9.11. The molecule has 0 saturated carbocycles. The highest BCUT2D eigenvalue weighted by molar-refractivity contribution is 14.0. The third kappa shape index (κ3) is 6.81. The fourth-order valence-corrected chi connectivity index (χ4v) is 1.96. The van der Waals surface area contributed by atoms with Crippen molar-refractivity contribution in [2.24, 2.45) is 4.99 Å². The highest BCUT2D eigenvalue weighted by Crippen LogP contribution is 2.17. The van der Waals surface area contributed by atoms with Gasteiger partial charge in [0.25, 0.3) is 0 Å². The molecule has 0 amide bonds. The first kappa shape index (κ1) is 21.1. The van der Waals surface area contributed by atoms with Crippen LogP contribution in [0.2, 0.25) is 0 Å². The summed E-state index contributed by atoms with van der Waals surface area (Å²) >= 11 is 0. The van der Waals surface area contributed by atoms with Crippen molar-refractivity contribution in [1.29, 1.82) is 0 Å². The SMILES string of the molecule is CN=C(NCCOc1ccc(F)cc1F)NCc1ccccc1F.I. The molecule has 2 aromatic carbocycles. The molecule has 136 valence electrons. The summed E-state index contributed by atoms with van der Waals surface area (Å²) in [5, 5.41) is 5.92. The fraction of sp³-hybridized carbons (Fsp3) is 0.235. The highest BCUT2D eigenvalue weighted by atomic mass is 127. The Labute approximate surface area is 161 Å². The first-order valence-electron chi connectivity index (χ1n) is 7.36. The van der Waals surface area contributed by atoms with Crippen molar-refractivity contribution in [3.8, 4) is 5.75 Å². The van der Waals surface area contributed by atoms with Crippen molar-refractivity contribution in [1.82, 2.24) is 10.6 Å². The van der Waals surface area contributed by atoms with Crippen LogP contribution in [-0.2, 0) is 6.54 Å². The molecular weight excluding hydrogens is 446 g/mol. The standard InChI is InChI=1S/C17H18F3N3O.HI/c1-21-17(23-11-12-4-2-3-5-14(12)19)22-8-9-24-16-7-6-13(18)10-15(16)20;/h2-7,10H,8-9,11H2,1H3,(H2,21,22,23);1H. The van der Waals surface area contributed by atoms with Gasteiger partial charge in [-0.05, 0) is 18.2 Å². The second-order valence-corrected chi connectivity index (χ2v) is 4.87. The molecule has 0 saturated heterocycles. The van der Waals surface area contributed by atoms with E-state index in [0.717, 1.165) is 12.1 Å². The summed E-state index contributed by atoms with van der Waals surface area (Å²) < 4.78 is 44.9. The van der Waals surface area contributed by atoms with E-state index < -0.39 is 11.6 Å². The van der Waals surface area contributed by atoms with Crippen LogP contribution in [0.1, 0.15) is 5.56 Å². The van der Waals surface area contributed by atoms with E-state index in [1.807, 2.05) is 0 Å². The molecule has 0 aliphatic heterocycles. The van der Waals surface area contributed by atoms with Crippen LogP contribution in [0.5, 0.6) is 5.75 Å². The molecule has 0 aliphatic carbocycles. The van der Waals surface area contributed by atoms with E-state index in [1.165, 1.54) is 12.1 Å². The number of halogens is 4. The number of hydrogen-bond donors (Lipinski definition) is 2. The minimum atomic E-state index is -0.753. The largest absolute Gasteiger partial charge is 0.489 e. The lowest BCUT2D eigenvalue weighted by molar-refractivity contribution is 0.304. The number of benzene rings is 2.